The fourth-order valence-corrected chi connectivity index (χ4v) is 4.18. The summed E-state index contributed by atoms with van der Waals surface area (Å²) in [6.07, 6.45) is 3.12. The number of aromatic nitrogens is 2. The summed E-state index contributed by atoms with van der Waals surface area (Å²) in [6.45, 7) is 0. The third kappa shape index (κ3) is 4.00. The number of benzene rings is 3. The molecule has 1 aliphatic rings. The molecular formula is C26H24N4O2. The van der Waals surface area contributed by atoms with Crippen molar-refractivity contribution < 1.29 is 9.63 Å². The Morgan fingerprint density at radius 1 is 1.03 bits per heavy atom. The van der Waals surface area contributed by atoms with E-state index in [2.05, 4.69) is 22.6 Å². The minimum Gasteiger partial charge on any atom is -0.342 e. The molecule has 3 aromatic carbocycles. The summed E-state index contributed by atoms with van der Waals surface area (Å²) >= 11 is 0. The first-order valence-corrected chi connectivity index (χ1v) is 10.6. The minimum atomic E-state index is -0.0606. The van der Waals surface area contributed by atoms with Gasteiger partial charge < -0.3 is 9.88 Å². The topological polar surface area (TPSA) is 70.2 Å². The van der Waals surface area contributed by atoms with Gasteiger partial charge in [-0.25, -0.2) is 4.98 Å². The van der Waals surface area contributed by atoms with Crippen molar-refractivity contribution in [1.82, 2.24) is 20.3 Å². The van der Waals surface area contributed by atoms with Crippen LogP contribution in [0.1, 0.15) is 22.6 Å². The maximum Gasteiger partial charge on any atom is 0.258 e. The molecule has 2 N–H and O–H groups in total. The van der Waals surface area contributed by atoms with E-state index in [1.165, 1.54) is 0 Å². The monoisotopic (exact) mass is 424 g/mol. The van der Waals surface area contributed by atoms with Gasteiger partial charge >= 0.3 is 0 Å². The van der Waals surface area contributed by atoms with Crippen molar-refractivity contribution in [1.29, 1.82) is 0 Å². The second kappa shape index (κ2) is 8.69. The third-order valence-electron chi connectivity index (χ3n) is 5.72. The highest BCUT2D eigenvalue weighted by Gasteiger charge is 2.31. The van der Waals surface area contributed by atoms with Gasteiger partial charge in [0, 0.05) is 30.6 Å². The number of aromatic amines is 1. The van der Waals surface area contributed by atoms with Crippen LogP contribution in [0.4, 0.5) is 0 Å². The van der Waals surface area contributed by atoms with Gasteiger partial charge in [0.1, 0.15) is 5.82 Å². The van der Waals surface area contributed by atoms with Crippen molar-refractivity contribution in [3.05, 3.63) is 102 Å². The number of fused-ring (bicyclic) bond motifs is 1. The van der Waals surface area contributed by atoms with Crippen LogP contribution in [0.2, 0.25) is 0 Å². The number of nitrogens with one attached hydrogen (secondary N) is 2. The van der Waals surface area contributed by atoms with E-state index in [1.54, 1.807) is 12.0 Å². The van der Waals surface area contributed by atoms with Crippen LogP contribution in [-0.2, 0) is 11.3 Å². The fraction of sp³-hybridized carbons (Fsp3) is 0.154. The van der Waals surface area contributed by atoms with Crippen molar-refractivity contribution in [2.75, 3.05) is 7.11 Å². The van der Waals surface area contributed by atoms with Gasteiger partial charge in [0.05, 0.1) is 23.8 Å². The first-order chi connectivity index (χ1) is 15.7. The SMILES string of the molecule is CONC1=CN(C(=O)c2ccc(-c3ccccc3)cc2)C(Cc2nc3ccccc3[nH]2)C1. The molecule has 0 aliphatic carbocycles. The molecule has 0 saturated carbocycles. The van der Waals surface area contributed by atoms with Crippen LogP contribution in [0.15, 0.2) is 90.8 Å². The van der Waals surface area contributed by atoms with Gasteiger partial charge in [0.15, 0.2) is 0 Å². The van der Waals surface area contributed by atoms with Crippen molar-refractivity contribution >= 4 is 16.9 Å². The molecule has 4 aromatic rings. The summed E-state index contributed by atoms with van der Waals surface area (Å²) in [7, 11) is 1.57. The molecule has 0 fully saturated rings. The van der Waals surface area contributed by atoms with Crippen molar-refractivity contribution in [2.45, 2.75) is 18.9 Å². The first kappa shape index (κ1) is 20.0. The third-order valence-corrected chi connectivity index (χ3v) is 5.72. The van der Waals surface area contributed by atoms with Crippen LogP contribution in [-0.4, -0.2) is 33.9 Å². The number of para-hydroxylation sites is 2. The standard InChI is InChI=1S/C26H24N4O2/c1-32-29-21-15-22(16-25-27-23-9-5-6-10-24(23)28-25)30(17-21)26(31)20-13-11-19(12-14-20)18-7-3-2-4-8-18/h2-14,17,22,29H,15-16H2,1H3,(H,27,28). The number of amides is 1. The molecule has 0 saturated heterocycles. The molecule has 0 spiro atoms. The van der Waals surface area contributed by atoms with Gasteiger partial charge in [-0.15, -0.1) is 0 Å². The molecule has 6 heteroatoms. The van der Waals surface area contributed by atoms with Gasteiger partial charge in [-0.2, -0.15) is 0 Å². The number of rotatable bonds is 6. The Morgan fingerprint density at radius 3 is 2.50 bits per heavy atom. The molecule has 0 radical (unpaired) electrons. The predicted octanol–water partition coefficient (Wildman–Crippen LogP) is 4.68. The Bertz CT molecular complexity index is 1230. The van der Waals surface area contributed by atoms with Crippen LogP contribution in [0, 0.1) is 0 Å². The maximum absolute atomic E-state index is 13.4. The molecule has 0 bridgehead atoms. The molecule has 32 heavy (non-hydrogen) atoms. The fourth-order valence-electron chi connectivity index (χ4n) is 4.18. The predicted molar refractivity (Wildman–Crippen MR) is 124 cm³/mol. The zero-order chi connectivity index (χ0) is 21.9. The first-order valence-electron chi connectivity index (χ1n) is 10.6. The summed E-state index contributed by atoms with van der Waals surface area (Å²) < 4.78 is 0. The summed E-state index contributed by atoms with van der Waals surface area (Å²) in [5.41, 5.74) is 8.54. The maximum atomic E-state index is 13.4. The van der Waals surface area contributed by atoms with Gasteiger partial charge in [0.2, 0.25) is 0 Å². The molecule has 1 unspecified atom stereocenters. The lowest BCUT2D eigenvalue weighted by Crippen LogP contribution is -2.34. The molecule has 6 nitrogen and oxygen atoms in total. The Kier molecular flexibility index (Phi) is 5.44. The van der Waals surface area contributed by atoms with Crippen molar-refractivity contribution in [2.24, 2.45) is 0 Å². The molecule has 1 aromatic heterocycles. The summed E-state index contributed by atoms with van der Waals surface area (Å²) in [4.78, 5) is 28.3. The second-order valence-corrected chi connectivity index (χ2v) is 7.88. The van der Waals surface area contributed by atoms with Crippen LogP contribution in [0.25, 0.3) is 22.2 Å². The van der Waals surface area contributed by atoms with E-state index >= 15 is 0 Å². The van der Waals surface area contributed by atoms with E-state index in [4.69, 9.17) is 9.82 Å². The van der Waals surface area contributed by atoms with Crippen LogP contribution >= 0.6 is 0 Å². The molecule has 1 amide bonds. The second-order valence-electron chi connectivity index (χ2n) is 7.88. The van der Waals surface area contributed by atoms with Crippen molar-refractivity contribution in [3.8, 4) is 11.1 Å². The summed E-state index contributed by atoms with van der Waals surface area (Å²) in [5, 5.41) is 0. The van der Waals surface area contributed by atoms with Crippen LogP contribution in [0.5, 0.6) is 0 Å². The summed E-state index contributed by atoms with van der Waals surface area (Å²) in [5.74, 6) is 0.819. The van der Waals surface area contributed by atoms with Crippen molar-refractivity contribution in [3.63, 3.8) is 0 Å². The Balaban J connectivity index is 1.38. The lowest BCUT2D eigenvalue weighted by atomic mass is 10.0. The molecule has 160 valence electrons. The highest BCUT2D eigenvalue weighted by Crippen LogP contribution is 2.27. The van der Waals surface area contributed by atoms with Gasteiger partial charge in [0.25, 0.3) is 5.91 Å². The highest BCUT2D eigenvalue weighted by atomic mass is 16.6. The van der Waals surface area contributed by atoms with E-state index in [0.717, 1.165) is 33.7 Å². The minimum absolute atomic E-state index is 0.0429. The van der Waals surface area contributed by atoms with E-state index in [9.17, 15) is 4.79 Å². The van der Waals surface area contributed by atoms with E-state index in [0.29, 0.717) is 18.4 Å². The number of hydrogen-bond acceptors (Lipinski definition) is 4. The van der Waals surface area contributed by atoms with Gasteiger partial charge in [-0.1, -0.05) is 54.6 Å². The number of hydroxylamine groups is 1. The number of carbonyl (C=O) groups excluding carboxylic acids is 1. The zero-order valence-corrected chi connectivity index (χ0v) is 17.8. The quantitative estimate of drug-likeness (QED) is 0.441. The number of nitrogens with zero attached hydrogens (tertiary/aromatic N) is 2. The lowest BCUT2D eigenvalue weighted by Gasteiger charge is -2.23. The van der Waals surface area contributed by atoms with E-state index < -0.39 is 0 Å². The molecular weight excluding hydrogens is 400 g/mol. The van der Waals surface area contributed by atoms with E-state index in [-0.39, 0.29) is 11.9 Å². The average molecular weight is 425 g/mol. The summed E-state index contributed by atoms with van der Waals surface area (Å²) in [6, 6.07) is 25.8. The smallest absolute Gasteiger partial charge is 0.258 e. The zero-order valence-electron chi connectivity index (χ0n) is 17.8. The number of hydrogen-bond donors (Lipinski definition) is 2. The van der Waals surface area contributed by atoms with E-state index in [1.807, 2.05) is 72.9 Å². The Hall–Kier alpha value is -3.90. The van der Waals surface area contributed by atoms with Gasteiger partial charge in [-0.05, 0) is 35.4 Å². The Labute approximate surface area is 186 Å². The number of H-pyrrole nitrogens is 1. The highest BCUT2D eigenvalue weighted by molar-refractivity contribution is 5.96. The number of imidazole rings is 1. The molecule has 2 heterocycles. The Morgan fingerprint density at radius 2 is 1.75 bits per heavy atom. The average Bonchev–Trinajstić information content (AvgIpc) is 3.43. The largest absolute Gasteiger partial charge is 0.342 e. The van der Waals surface area contributed by atoms with Gasteiger partial charge in [-0.3, -0.25) is 15.1 Å². The lowest BCUT2D eigenvalue weighted by molar-refractivity contribution is 0.0783. The normalized spacial score (nSPS) is 15.7. The molecule has 1 atom stereocenters. The number of carbonyl (C=O) groups is 1. The molecule has 5 rings (SSSR count). The molecule has 1 aliphatic heterocycles. The van der Waals surface area contributed by atoms with Crippen LogP contribution < -0.4 is 5.48 Å². The van der Waals surface area contributed by atoms with Crippen LogP contribution in [0.3, 0.4) is 0 Å².